The van der Waals surface area contributed by atoms with E-state index in [1.807, 2.05) is 30.4 Å². The van der Waals surface area contributed by atoms with Crippen molar-refractivity contribution in [1.82, 2.24) is 0 Å². The Balaban J connectivity index is 1.90. The Morgan fingerprint density at radius 2 is 2.06 bits per heavy atom. The van der Waals surface area contributed by atoms with Crippen LogP contribution in [0, 0.1) is 5.92 Å². The molecule has 0 saturated heterocycles. The number of allylic oxidation sites excluding steroid dienone is 2. The van der Waals surface area contributed by atoms with Crippen LogP contribution in [-0.2, 0) is 4.74 Å². The quantitative estimate of drug-likeness (QED) is 0.593. The zero-order valence-electron chi connectivity index (χ0n) is 10.4. The summed E-state index contributed by atoms with van der Waals surface area (Å²) < 4.78 is 5.45. The zero-order valence-corrected chi connectivity index (χ0v) is 10.4. The van der Waals surface area contributed by atoms with Crippen LogP contribution in [0.15, 0.2) is 55.1 Å². The van der Waals surface area contributed by atoms with Crippen LogP contribution in [0.25, 0.3) is 0 Å². The molecule has 2 atom stereocenters. The van der Waals surface area contributed by atoms with Crippen LogP contribution in [-0.4, -0.2) is 12.1 Å². The standard InChI is InChI=1S/C16H18O2/c1-2-6-13-9-11-15(12-10-13)18-16(17)14-7-4-3-5-8-14/h2-5,7-9,11,13,15H,1,6,10,12H2/t13-,15-/m0/s1. The first-order chi connectivity index (χ1) is 8.79. The molecule has 2 heteroatoms. The molecule has 1 aromatic rings. The number of hydrogen-bond acceptors (Lipinski definition) is 2. The predicted octanol–water partition coefficient (Wildman–Crippen LogP) is 3.75. The van der Waals surface area contributed by atoms with Gasteiger partial charge >= 0.3 is 5.97 Å². The lowest BCUT2D eigenvalue weighted by Crippen LogP contribution is -2.20. The average molecular weight is 242 g/mol. The molecule has 0 radical (unpaired) electrons. The average Bonchev–Trinajstić information content (AvgIpc) is 2.42. The number of carbonyl (C=O) groups excluding carboxylic acids is 1. The number of carbonyl (C=O) groups is 1. The summed E-state index contributed by atoms with van der Waals surface area (Å²) in [5.74, 6) is 0.307. The normalized spacial score (nSPS) is 22.4. The van der Waals surface area contributed by atoms with Gasteiger partial charge in [0, 0.05) is 0 Å². The Bertz CT molecular complexity index is 434. The molecule has 94 valence electrons. The Kier molecular flexibility index (Phi) is 4.35. The fourth-order valence-electron chi connectivity index (χ4n) is 2.14. The summed E-state index contributed by atoms with van der Waals surface area (Å²) in [6.07, 6.45) is 8.93. The van der Waals surface area contributed by atoms with E-state index in [0.717, 1.165) is 19.3 Å². The maximum atomic E-state index is 11.8. The van der Waals surface area contributed by atoms with Gasteiger partial charge in [-0.1, -0.05) is 30.4 Å². The van der Waals surface area contributed by atoms with Crippen molar-refractivity contribution < 1.29 is 9.53 Å². The van der Waals surface area contributed by atoms with Crippen molar-refractivity contribution in [3.8, 4) is 0 Å². The Hall–Kier alpha value is -1.83. The minimum atomic E-state index is -0.243. The van der Waals surface area contributed by atoms with E-state index in [1.54, 1.807) is 12.1 Å². The highest BCUT2D eigenvalue weighted by Crippen LogP contribution is 2.23. The van der Waals surface area contributed by atoms with Gasteiger partial charge in [-0.15, -0.1) is 6.58 Å². The lowest BCUT2D eigenvalue weighted by Gasteiger charge is -2.22. The van der Waals surface area contributed by atoms with E-state index in [2.05, 4.69) is 12.7 Å². The first-order valence-electron chi connectivity index (χ1n) is 6.35. The predicted molar refractivity (Wildman–Crippen MR) is 72.3 cm³/mol. The Morgan fingerprint density at radius 1 is 1.28 bits per heavy atom. The molecule has 0 aliphatic heterocycles. The summed E-state index contributed by atoms with van der Waals surface area (Å²) in [6.45, 7) is 3.74. The highest BCUT2D eigenvalue weighted by molar-refractivity contribution is 5.89. The molecule has 2 nitrogen and oxygen atoms in total. The third kappa shape index (κ3) is 3.33. The molecule has 0 spiro atoms. The van der Waals surface area contributed by atoms with E-state index >= 15 is 0 Å². The van der Waals surface area contributed by atoms with Crippen molar-refractivity contribution in [3.05, 3.63) is 60.7 Å². The fraction of sp³-hybridized carbons (Fsp3) is 0.312. The molecule has 2 rings (SSSR count). The summed E-state index contributed by atoms with van der Waals surface area (Å²) in [5, 5.41) is 0. The van der Waals surface area contributed by atoms with Crippen molar-refractivity contribution >= 4 is 5.97 Å². The maximum Gasteiger partial charge on any atom is 0.338 e. The molecule has 0 saturated carbocycles. The minimum absolute atomic E-state index is 0.0845. The summed E-state index contributed by atoms with van der Waals surface area (Å²) in [5.41, 5.74) is 0.610. The largest absolute Gasteiger partial charge is 0.455 e. The van der Waals surface area contributed by atoms with Crippen LogP contribution < -0.4 is 0 Å². The smallest absolute Gasteiger partial charge is 0.338 e. The van der Waals surface area contributed by atoms with Gasteiger partial charge in [0.15, 0.2) is 0 Å². The van der Waals surface area contributed by atoms with Gasteiger partial charge in [0.25, 0.3) is 0 Å². The molecule has 0 amide bonds. The second-order valence-electron chi connectivity index (χ2n) is 4.56. The zero-order chi connectivity index (χ0) is 12.8. The van der Waals surface area contributed by atoms with Crippen LogP contribution in [0.2, 0.25) is 0 Å². The highest BCUT2D eigenvalue weighted by Gasteiger charge is 2.18. The van der Waals surface area contributed by atoms with Crippen molar-refractivity contribution in [2.45, 2.75) is 25.4 Å². The van der Waals surface area contributed by atoms with Gasteiger partial charge in [0.2, 0.25) is 0 Å². The van der Waals surface area contributed by atoms with Gasteiger partial charge in [-0.05, 0) is 43.4 Å². The van der Waals surface area contributed by atoms with E-state index in [-0.39, 0.29) is 12.1 Å². The first kappa shape index (κ1) is 12.6. The van der Waals surface area contributed by atoms with Crippen LogP contribution >= 0.6 is 0 Å². The lowest BCUT2D eigenvalue weighted by atomic mass is 9.92. The second kappa shape index (κ2) is 6.20. The van der Waals surface area contributed by atoms with E-state index < -0.39 is 0 Å². The van der Waals surface area contributed by atoms with Gasteiger partial charge < -0.3 is 4.74 Å². The number of esters is 1. The molecule has 1 aromatic carbocycles. The summed E-state index contributed by atoms with van der Waals surface area (Å²) in [4.78, 5) is 11.8. The third-order valence-corrected chi connectivity index (χ3v) is 3.16. The molecule has 0 heterocycles. The van der Waals surface area contributed by atoms with Gasteiger partial charge in [-0.2, -0.15) is 0 Å². The first-order valence-corrected chi connectivity index (χ1v) is 6.35. The Morgan fingerprint density at radius 3 is 2.67 bits per heavy atom. The van der Waals surface area contributed by atoms with Crippen LogP contribution in [0.5, 0.6) is 0 Å². The number of benzene rings is 1. The lowest BCUT2D eigenvalue weighted by molar-refractivity contribution is 0.0360. The van der Waals surface area contributed by atoms with Crippen LogP contribution in [0.3, 0.4) is 0 Å². The second-order valence-corrected chi connectivity index (χ2v) is 4.56. The molecule has 18 heavy (non-hydrogen) atoms. The van der Waals surface area contributed by atoms with Gasteiger partial charge in [0.1, 0.15) is 6.10 Å². The van der Waals surface area contributed by atoms with E-state index in [9.17, 15) is 4.79 Å². The molecule has 1 aliphatic carbocycles. The number of rotatable bonds is 4. The van der Waals surface area contributed by atoms with Gasteiger partial charge in [0.05, 0.1) is 5.56 Å². The van der Waals surface area contributed by atoms with Crippen molar-refractivity contribution in [2.24, 2.45) is 5.92 Å². The molecule has 1 aliphatic rings. The molecule has 0 unspecified atom stereocenters. The van der Waals surface area contributed by atoms with Gasteiger partial charge in [-0.3, -0.25) is 0 Å². The van der Waals surface area contributed by atoms with Crippen LogP contribution in [0.1, 0.15) is 29.6 Å². The molecule has 0 fully saturated rings. The summed E-state index contributed by atoms with van der Waals surface area (Å²) >= 11 is 0. The third-order valence-electron chi connectivity index (χ3n) is 3.16. The van der Waals surface area contributed by atoms with E-state index in [4.69, 9.17) is 4.74 Å². The monoisotopic (exact) mass is 242 g/mol. The fourth-order valence-corrected chi connectivity index (χ4v) is 2.14. The molecular formula is C16H18O2. The molecular weight excluding hydrogens is 224 g/mol. The topological polar surface area (TPSA) is 26.3 Å². The highest BCUT2D eigenvalue weighted by atomic mass is 16.5. The minimum Gasteiger partial charge on any atom is -0.455 e. The van der Waals surface area contributed by atoms with Crippen molar-refractivity contribution in [1.29, 1.82) is 0 Å². The number of hydrogen-bond donors (Lipinski definition) is 0. The summed E-state index contributed by atoms with van der Waals surface area (Å²) in [7, 11) is 0. The molecule has 0 bridgehead atoms. The summed E-state index contributed by atoms with van der Waals surface area (Å²) in [6, 6.07) is 9.11. The van der Waals surface area contributed by atoms with E-state index in [0.29, 0.717) is 11.5 Å². The van der Waals surface area contributed by atoms with Crippen LogP contribution in [0.4, 0.5) is 0 Å². The maximum absolute atomic E-state index is 11.8. The van der Waals surface area contributed by atoms with Gasteiger partial charge in [-0.25, -0.2) is 4.79 Å². The SMILES string of the molecule is C=CC[C@H]1C=C[C@H](OC(=O)c2ccccc2)CC1. The Labute approximate surface area is 108 Å². The van der Waals surface area contributed by atoms with E-state index in [1.165, 1.54) is 0 Å². The van der Waals surface area contributed by atoms with Crippen molar-refractivity contribution in [2.75, 3.05) is 0 Å². The molecule has 0 aromatic heterocycles. The van der Waals surface area contributed by atoms with Crippen molar-refractivity contribution in [3.63, 3.8) is 0 Å². The molecule has 0 N–H and O–H groups in total. The number of ether oxygens (including phenoxy) is 1.